The van der Waals surface area contributed by atoms with Crippen LogP contribution in [0.2, 0.25) is 0 Å². The molecule has 5 heteroatoms. The highest BCUT2D eigenvalue weighted by Crippen LogP contribution is 2.36. The summed E-state index contributed by atoms with van der Waals surface area (Å²) in [7, 11) is 0. The maximum Gasteiger partial charge on any atom is 0.0758 e. The molecule has 0 saturated heterocycles. The fourth-order valence-corrected chi connectivity index (χ4v) is 4.28. The van der Waals surface area contributed by atoms with Gasteiger partial charge >= 0.3 is 0 Å². The van der Waals surface area contributed by atoms with Crippen molar-refractivity contribution in [3.05, 3.63) is 31.4 Å². The third kappa shape index (κ3) is 4.00. The summed E-state index contributed by atoms with van der Waals surface area (Å²) < 4.78 is 2.24. The highest BCUT2D eigenvalue weighted by molar-refractivity contribution is 9.12. The number of halogens is 2. The van der Waals surface area contributed by atoms with E-state index in [2.05, 4.69) is 49.9 Å². The molecule has 0 bridgehead atoms. The van der Waals surface area contributed by atoms with Crippen LogP contribution in [0.15, 0.2) is 25.8 Å². The maximum atomic E-state index is 5.56. The molecule has 0 amide bonds. The molecule has 0 aromatic carbocycles. The molecule has 0 aliphatic rings. The number of nitrogens with one attached hydrogen (secondary N) is 1. The van der Waals surface area contributed by atoms with Crippen molar-refractivity contribution in [1.82, 2.24) is 5.43 Å². The van der Waals surface area contributed by atoms with E-state index in [1.165, 1.54) is 11.1 Å². The Morgan fingerprint density at radius 2 is 2.33 bits per heavy atom. The zero-order valence-corrected chi connectivity index (χ0v) is 12.5. The number of allylic oxidation sites excluding steroid dienone is 1. The minimum Gasteiger partial charge on any atom is -0.271 e. The van der Waals surface area contributed by atoms with Crippen molar-refractivity contribution in [2.24, 2.45) is 5.84 Å². The fourth-order valence-electron chi connectivity index (χ4n) is 1.31. The van der Waals surface area contributed by atoms with Crippen LogP contribution < -0.4 is 11.3 Å². The molecule has 1 aromatic rings. The third-order valence-electron chi connectivity index (χ3n) is 2.12. The molecular formula is C10H14Br2N2S. The predicted octanol–water partition coefficient (Wildman–Crippen LogP) is 4.13. The monoisotopic (exact) mass is 352 g/mol. The SMILES string of the molecule is C=C(C)CCC(NN)c1cc(Br)sc1Br. The van der Waals surface area contributed by atoms with E-state index in [-0.39, 0.29) is 6.04 Å². The zero-order chi connectivity index (χ0) is 11.4. The van der Waals surface area contributed by atoms with Gasteiger partial charge in [-0.2, -0.15) is 0 Å². The van der Waals surface area contributed by atoms with Crippen LogP contribution in [-0.4, -0.2) is 0 Å². The van der Waals surface area contributed by atoms with Gasteiger partial charge in [-0.1, -0.05) is 5.57 Å². The Hall–Kier alpha value is 0.320. The van der Waals surface area contributed by atoms with E-state index in [1.807, 2.05) is 6.92 Å². The Balaban J connectivity index is 2.73. The van der Waals surface area contributed by atoms with E-state index in [0.29, 0.717) is 0 Å². The number of hydrogen-bond donors (Lipinski definition) is 2. The predicted molar refractivity (Wildman–Crippen MR) is 73.8 cm³/mol. The first-order valence-corrected chi connectivity index (χ1v) is 7.00. The average Bonchev–Trinajstić information content (AvgIpc) is 2.46. The summed E-state index contributed by atoms with van der Waals surface area (Å²) in [4.78, 5) is 0. The van der Waals surface area contributed by atoms with Crippen LogP contribution in [0.5, 0.6) is 0 Å². The van der Waals surface area contributed by atoms with Gasteiger partial charge in [0.15, 0.2) is 0 Å². The van der Waals surface area contributed by atoms with Gasteiger partial charge in [-0.3, -0.25) is 11.3 Å². The number of thiophene rings is 1. The summed E-state index contributed by atoms with van der Waals surface area (Å²) in [6.07, 6.45) is 1.95. The molecule has 0 spiro atoms. The molecular weight excluding hydrogens is 340 g/mol. The molecule has 15 heavy (non-hydrogen) atoms. The van der Waals surface area contributed by atoms with Crippen molar-refractivity contribution in [1.29, 1.82) is 0 Å². The molecule has 84 valence electrons. The Morgan fingerprint density at radius 1 is 1.67 bits per heavy atom. The Kier molecular flexibility index (Phi) is 5.49. The molecule has 1 atom stereocenters. The first-order valence-electron chi connectivity index (χ1n) is 4.59. The molecule has 1 aromatic heterocycles. The van der Waals surface area contributed by atoms with Crippen LogP contribution in [0.4, 0.5) is 0 Å². The van der Waals surface area contributed by atoms with Gasteiger partial charge in [-0.15, -0.1) is 17.9 Å². The Labute approximate surface area is 111 Å². The summed E-state index contributed by atoms with van der Waals surface area (Å²) in [5.74, 6) is 5.56. The molecule has 1 heterocycles. The second kappa shape index (κ2) is 6.15. The molecule has 0 aliphatic carbocycles. The highest BCUT2D eigenvalue weighted by atomic mass is 79.9. The second-order valence-corrected chi connectivity index (χ2v) is 7.24. The lowest BCUT2D eigenvalue weighted by atomic mass is 10.0. The molecule has 0 saturated carbocycles. The number of nitrogens with two attached hydrogens (primary N) is 1. The van der Waals surface area contributed by atoms with Crippen LogP contribution in [0.3, 0.4) is 0 Å². The van der Waals surface area contributed by atoms with Crippen molar-refractivity contribution >= 4 is 43.2 Å². The first kappa shape index (κ1) is 13.4. The summed E-state index contributed by atoms with van der Waals surface area (Å²) in [6, 6.07) is 2.27. The van der Waals surface area contributed by atoms with Crippen molar-refractivity contribution in [2.45, 2.75) is 25.8 Å². The van der Waals surface area contributed by atoms with Crippen molar-refractivity contribution in [2.75, 3.05) is 0 Å². The van der Waals surface area contributed by atoms with Gasteiger partial charge < -0.3 is 0 Å². The minimum atomic E-state index is 0.179. The van der Waals surface area contributed by atoms with Crippen molar-refractivity contribution in [3.8, 4) is 0 Å². The fraction of sp³-hybridized carbons (Fsp3) is 0.400. The smallest absolute Gasteiger partial charge is 0.0758 e. The Morgan fingerprint density at radius 3 is 2.73 bits per heavy atom. The lowest BCUT2D eigenvalue weighted by Crippen LogP contribution is -2.27. The van der Waals surface area contributed by atoms with Gasteiger partial charge in [0.2, 0.25) is 0 Å². The largest absolute Gasteiger partial charge is 0.271 e. The standard InChI is InChI=1S/C10H14Br2N2S/c1-6(2)3-4-8(14-13)7-5-9(11)15-10(7)12/h5,8,14H,1,3-4,13H2,2H3. The van der Waals surface area contributed by atoms with E-state index in [4.69, 9.17) is 5.84 Å². The highest BCUT2D eigenvalue weighted by Gasteiger charge is 2.15. The topological polar surface area (TPSA) is 38.0 Å². The van der Waals surface area contributed by atoms with Gasteiger partial charge in [0.25, 0.3) is 0 Å². The lowest BCUT2D eigenvalue weighted by molar-refractivity contribution is 0.515. The van der Waals surface area contributed by atoms with E-state index in [1.54, 1.807) is 11.3 Å². The van der Waals surface area contributed by atoms with Crippen LogP contribution in [0.1, 0.15) is 31.4 Å². The van der Waals surface area contributed by atoms with E-state index in [0.717, 1.165) is 20.4 Å². The van der Waals surface area contributed by atoms with E-state index >= 15 is 0 Å². The summed E-state index contributed by atoms with van der Waals surface area (Å²) in [5.41, 5.74) is 5.23. The number of hydrogen-bond acceptors (Lipinski definition) is 3. The van der Waals surface area contributed by atoms with Crippen LogP contribution >= 0.6 is 43.2 Å². The number of hydrazine groups is 1. The average molecular weight is 354 g/mol. The lowest BCUT2D eigenvalue weighted by Gasteiger charge is -2.15. The Bertz CT molecular complexity index is 349. The molecule has 1 unspecified atom stereocenters. The normalized spacial score (nSPS) is 12.8. The van der Waals surface area contributed by atoms with Crippen LogP contribution in [-0.2, 0) is 0 Å². The van der Waals surface area contributed by atoms with E-state index in [9.17, 15) is 0 Å². The molecule has 0 fully saturated rings. The zero-order valence-electron chi connectivity index (χ0n) is 8.52. The van der Waals surface area contributed by atoms with Gasteiger partial charge in [0.05, 0.1) is 7.57 Å². The van der Waals surface area contributed by atoms with Crippen LogP contribution in [0, 0.1) is 0 Å². The van der Waals surface area contributed by atoms with Gasteiger partial charge in [-0.05, 0) is 63.3 Å². The summed E-state index contributed by atoms with van der Waals surface area (Å²) in [5, 5.41) is 0. The van der Waals surface area contributed by atoms with E-state index < -0.39 is 0 Å². The quantitative estimate of drug-likeness (QED) is 0.474. The second-order valence-electron chi connectivity index (χ2n) is 3.49. The van der Waals surface area contributed by atoms with Crippen molar-refractivity contribution < 1.29 is 0 Å². The molecule has 0 radical (unpaired) electrons. The van der Waals surface area contributed by atoms with Crippen molar-refractivity contribution in [3.63, 3.8) is 0 Å². The van der Waals surface area contributed by atoms with Gasteiger partial charge in [-0.25, -0.2) is 0 Å². The van der Waals surface area contributed by atoms with Gasteiger partial charge in [0, 0.05) is 6.04 Å². The first-order chi connectivity index (χ1) is 7.04. The maximum absolute atomic E-state index is 5.56. The molecule has 2 nitrogen and oxygen atoms in total. The summed E-state index contributed by atoms with van der Waals surface area (Å²) in [6.45, 7) is 5.93. The summed E-state index contributed by atoms with van der Waals surface area (Å²) >= 11 is 8.66. The number of rotatable bonds is 5. The minimum absolute atomic E-state index is 0.179. The van der Waals surface area contributed by atoms with Crippen LogP contribution in [0.25, 0.3) is 0 Å². The third-order valence-corrected chi connectivity index (χ3v) is 4.51. The van der Waals surface area contributed by atoms with Gasteiger partial charge in [0.1, 0.15) is 0 Å². The molecule has 3 N–H and O–H groups in total. The molecule has 1 rings (SSSR count). The molecule has 0 aliphatic heterocycles.